The Morgan fingerprint density at radius 1 is 1.09 bits per heavy atom. The van der Waals surface area contributed by atoms with Gasteiger partial charge in [0.05, 0.1) is 22.9 Å². The quantitative estimate of drug-likeness (QED) is 0.123. The van der Waals surface area contributed by atoms with Gasteiger partial charge in [-0.05, 0) is 81.7 Å². The number of Topliss-reactive ketones (excluding diaryl/α,β-unsaturated/α-hetero) is 2. The van der Waals surface area contributed by atoms with Crippen molar-refractivity contribution in [2.24, 2.45) is 17.8 Å². The summed E-state index contributed by atoms with van der Waals surface area (Å²) in [5.41, 5.74) is 1.60. The van der Waals surface area contributed by atoms with Crippen LogP contribution in [0.15, 0.2) is 65.7 Å². The molecule has 3 aromatic rings. The number of nitrogens with zero attached hydrogens (tertiary/aromatic N) is 3. The fourth-order valence-electron chi connectivity index (χ4n) is 10.3. The lowest BCUT2D eigenvalue weighted by Gasteiger charge is -2.55. The first-order valence-electron chi connectivity index (χ1n) is 20.0. The minimum absolute atomic E-state index is 0.0969. The first-order valence-corrected chi connectivity index (χ1v) is 22.9. The van der Waals surface area contributed by atoms with Gasteiger partial charge in [-0.3, -0.25) is 19.4 Å². The van der Waals surface area contributed by atoms with Gasteiger partial charge in [-0.1, -0.05) is 68.4 Å². The SMILES string of the molecule is C=CCN(CC=C)[C@@H]1c2onc(C)c2C(=O)C2(O[Si](C)(C)C(C)(C)C)C(=O)C3=C(O)c4c(c(F)c5c(c4OCc4ccccc4)CC4CCN(C)C54)C[C@H]3C[C@@H]12. The largest absolute Gasteiger partial charge is 0.507 e. The third-order valence-corrected chi connectivity index (χ3v) is 18.3. The van der Waals surface area contributed by atoms with Crippen molar-refractivity contribution in [2.45, 2.75) is 95.8 Å². The van der Waals surface area contributed by atoms with E-state index in [0.29, 0.717) is 47.8 Å². The van der Waals surface area contributed by atoms with Crippen molar-refractivity contribution in [3.05, 3.63) is 112 Å². The summed E-state index contributed by atoms with van der Waals surface area (Å²) in [6, 6.07) is 9.03. The van der Waals surface area contributed by atoms with Crippen molar-refractivity contribution in [1.82, 2.24) is 15.0 Å². The van der Waals surface area contributed by atoms with Crippen molar-refractivity contribution in [1.29, 1.82) is 0 Å². The molecule has 3 unspecified atom stereocenters. The van der Waals surface area contributed by atoms with Crippen LogP contribution in [-0.2, 0) is 28.7 Å². The Morgan fingerprint density at radius 2 is 1.79 bits per heavy atom. The molecule has 4 aliphatic carbocycles. The molecule has 296 valence electrons. The van der Waals surface area contributed by atoms with E-state index in [4.69, 9.17) is 13.7 Å². The number of carbonyl (C=O) groups excluding carboxylic acids is 2. The molecule has 1 aliphatic heterocycles. The number of aryl methyl sites for hydroxylation is 1. The molecule has 11 heteroatoms. The fraction of sp³-hybridized carbons (Fsp3) is 0.489. The zero-order valence-corrected chi connectivity index (χ0v) is 34.7. The number of halogens is 1. The number of hydrogen-bond acceptors (Lipinski definition) is 9. The van der Waals surface area contributed by atoms with Gasteiger partial charge in [-0.2, -0.15) is 0 Å². The summed E-state index contributed by atoms with van der Waals surface area (Å²) in [5.74, 6) is -2.07. The number of ether oxygens (including phenoxy) is 1. The normalized spacial score (nSPS) is 27.1. The highest BCUT2D eigenvalue weighted by molar-refractivity contribution is 6.74. The Morgan fingerprint density at radius 3 is 2.45 bits per heavy atom. The van der Waals surface area contributed by atoms with E-state index < -0.39 is 43.4 Å². The molecule has 6 atom stereocenters. The maximum Gasteiger partial charge on any atom is 0.207 e. The monoisotopic (exact) mass is 779 g/mol. The van der Waals surface area contributed by atoms with E-state index in [1.807, 2.05) is 50.5 Å². The molecule has 2 fully saturated rings. The molecule has 1 saturated carbocycles. The Bertz CT molecular complexity index is 2160. The van der Waals surface area contributed by atoms with Gasteiger partial charge in [-0.25, -0.2) is 4.39 Å². The summed E-state index contributed by atoms with van der Waals surface area (Å²) in [4.78, 5) is 35.6. The third-order valence-electron chi connectivity index (χ3n) is 13.8. The van der Waals surface area contributed by atoms with Gasteiger partial charge in [0.2, 0.25) is 11.6 Å². The molecule has 56 heavy (non-hydrogen) atoms. The first-order chi connectivity index (χ1) is 26.6. The van der Waals surface area contributed by atoms with Gasteiger partial charge in [0.15, 0.2) is 19.7 Å². The maximum atomic E-state index is 17.4. The Hall–Kier alpha value is -4.16. The number of ketones is 2. The highest BCUT2D eigenvalue weighted by atomic mass is 28.4. The van der Waals surface area contributed by atoms with Crippen LogP contribution in [-0.4, -0.2) is 72.2 Å². The number of aliphatic hydroxyl groups is 1. The average Bonchev–Trinajstić information content (AvgIpc) is 3.83. The molecule has 0 bridgehead atoms. The number of aromatic nitrogens is 1. The average molecular weight is 780 g/mol. The Kier molecular flexibility index (Phi) is 9.50. The third kappa shape index (κ3) is 5.59. The second-order valence-corrected chi connectivity index (χ2v) is 22.8. The maximum absolute atomic E-state index is 17.4. The summed E-state index contributed by atoms with van der Waals surface area (Å²) < 4.78 is 37.4. The predicted molar refractivity (Wildman–Crippen MR) is 216 cm³/mol. The number of aliphatic hydroxyl groups excluding tert-OH is 1. The van der Waals surface area contributed by atoms with E-state index >= 15 is 14.0 Å². The highest BCUT2D eigenvalue weighted by Gasteiger charge is 2.69. The summed E-state index contributed by atoms with van der Waals surface area (Å²) >= 11 is 0. The molecule has 1 aromatic heterocycles. The number of carbonyl (C=O) groups is 2. The van der Waals surface area contributed by atoms with E-state index in [1.54, 1.807) is 19.1 Å². The van der Waals surface area contributed by atoms with Crippen LogP contribution in [0.4, 0.5) is 4.39 Å². The number of likely N-dealkylation sites (tertiary alicyclic amines) is 1. The smallest absolute Gasteiger partial charge is 0.207 e. The molecule has 0 spiro atoms. The van der Waals surface area contributed by atoms with Crippen LogP contribution in [0, 0.1) is 30.5 Å². The summed E-state index contributed by atoms with van der Waals surface area (Å²) in [7, 11) is -0.872. The van der Waals surface area contributed by atoms with Crippen LogP contribution in [0.3, 0.4) is 0 Å². The van der Waals surface area contributed by atoms with Gasteiger partial charge in [-0.15, -0.1) is 13.2 Å². The molecule has 0 amide bonds. The van der Waals surface area contributed by atoms with E-state index in [1.165, 1.54) is 0 Å². The molecule has 2 heterocycles. The Labute approximate surface area is 330 Å². The van der Waals surface area contributed by atoms with Gasteiger partial charge >= 0.3 is 0 Å². The standard InChI is InChI=1S/C45H54FN3O6Si/c1-10-18-49(19-11-2)38-31-23-28-22-29-35(40(53-24-26-15-13-12-14-16-26)30-21-27-17-20-48(7)37(27)34(30)36(29)46)39(50)33(28)43(52)45(31,55-56(8,9)44(4,5)6)42(51)32-25(3)47-54-41(32)38/h10-16,27-28,31,37-38,50H,1-2,17-24H2,3-9H3/t27?,28-,31-,37?,38-,45?/m0/s1. The van der Waals surface area contributed by atoms with Crippen molar-refractivity contribution < 1.29 is 32.8 Å². The summed E-state index contributed by atoms with van der Waals surface area (Å²) in [5, 5.41) is 16.6. The van der Waals surface area contributed by atoms with Crippen LogP contribution >= 0.6 is 0 Å². The number of rotatable bonds is 10. The minimum atomic E-state index is -2.91. The second kappa shape index (κ2) is 13.7. The number of fused-ring (bicyclic) bond motifs is 7. The molecule has 1 saturated heterocycles. The van der Waals surface area contributed by atoms with Crippen LogP contribution in [0.5, 0.6) is 5.75 Å². The molecule has 8 rings (SSSR count). The van der Waals surface area contributed by atoms with Crippen molar-refractivity contribution in [2.75, 3.05) is 26.7 Å². The minimum Gasteiger partial charge on any atom is -0.507 e. The van der Waals surface area contributed by atoms with Crippen LogP contribution in [0.1, 0.15) is 95.3 Å². The van der Waals surface area contributed by atoms with E-state index in [-0.39, 0.29) is 64.7 Å². The van der Waals surface area contributed by atoms with Crippen LogP contribution < -0.4 is 4.74 Å². The molecule has 9 nitrogen and oxygen atoms in total. The van der Waals surface area contributed by atoms with Crippen LogP contribution in [0.2, 0.25) is 18.1 Å². The predicted octanol–water partition coefficient (Wildman–Crippen LogP) is 8.65. The molecule has 2 aromatic carbocycles. The number of benzene rings is 2. The molecule has 0 radical (unpaired) electrons. The van der Waals surface area contributed by atoms with E-state index in [0.717, 1.165) is 24.1 Å². The lowest BCUT2D eigenvalue weighted by molar-refractivity contribution is -0.141. The zero-order chi connectivity index (χ0) is 40.1. The topological polar surface area (TPSA) is 105 Å². The number of hydrogen-bond donors (Lipinski definition) is 1. The zero-order valence-electron chi connectivity index (χ0n) is 33.7. The molecular weight excluding hydrogens is 726 g/mol. The van der Waals surface area contributed by atoms with Crippen molar-refractivity contribution in [3.63, 3.8) is 0 Å². The molecule has 1 N–H and O–H groups in total. The second-order valence-electron chi connectivity index (χ2n) is 18.1. The molecule has 5 aliphatic rings. The van der Waals surface area contributed by atoms with Gasteiger partial charge in [0.25, 0.3) is 0 Å². The highest BCUT2D eigenvalue weighted by Crippen LogP contribution is 2.60. The fourth-order valence-corrected chi connectivity index (χ4v) is 11.7. The summed E-state index contributed by atoms with van der Waals surface area (Å²) in [6.07, 6.45) is 5.50. The Balaban J connectivity index is 1.37. The lowest BCUT2D eigenvalue weighted by atomic mass is 9.56. The van der Waals surface area contributed by atoms with Crippen molar-refractivity contribution in [3.8, 4) is 5.75 Å². The molecular formula is C45H54FN3O6Si. The van der Waals surface area contributed by atoms with Crippen molar-refractivity contribution >= 4 is 25.6 Å². The van der Waals surface area contributed by atoms with Gasteiger partial charge in [0, 0.05) is 47.3 Å². The lowest BCUT2D eigenvalue weighted by Crippen LogP contribution is -2.68. The van der Waals surface area contributed by atoms with Crippen LogP contribution in [0.25, 0.3) is 5.76 Å². The van der Waals surface area contributed by atoms with E-state index in [2.05, 4.69) is 48.9 Å². The first kappa shape index (κ1) is 38.7. The van der Waals surface area contributed by atoms with E-state index in [9.17, 15) is 5.11 Å². The van der Waals surface area contributed by atoms with Gasteiger partial charge in [0.1, 0.15) is 23.9 Å². The summed E-state index contributed by atoms with van der Waals surface area (Å²) in [6.45, 7) is 21.9. The van der Waals surface area contributed by atoms with Gasteiger partial charge < -0.3 is 18.8 Å².